The first-order valence-electron chi connectivity index (χ1n) is 20.3. The maximum Gasteiger partial charge on any atom is 0.160 e. The second-order valence-electron chi connectivity index (χ2n) is 17.0. The lowest BCUT2D eigenvalue weighted by Crippen LogP contribution is -2.16. The summed E-state index contributed by atoms with van der Waals surface area (Å²) in [6.45, 7) is 9.40. The Morgan fingerprint density at radius 2 is 0.879 bits per heavy atom. The summed E-state index contributed by atoms with van der Waals surface area (Å²) in [4.78, 5) is 10.5. The van der Waals surface area contributed by atoms with E-state index in [1.54, 1.807) is 0 Å². The molecule has 8 aromatic carbocycles. The number of aromatic nitrogens is 2. The van der Waals surface area contributed by atoms with Crippen molar-refractivity contribution >= 4 is 10.8 Å². The molecule has 0 saturated carbocycles. The summed E-state index contributed by atoms with van der Waals surface area (Å²) in [5.41, 5.74) is 20.5. The minimum atomic E-state index is -0.138. The Balaban J connectivity index is 0.973. The lowest BCUT2D eigenvalue weighted by atomic mass is 9.79. The van der Waals surface area contributed by atoms with E-state index in [-0.39, 0.29) is 10.8 Å². The van der Waals surface area contributed by atoms with Gasteiger partial charge >= 0.3 is 0 Å². The molecule has 0 saturated heterocycles. The maximum absolute atomic E-state index is 5.29. The van der Waals surface area contributed by atoms with E-state index in [4.69, 9.17) is 9.97 Å². The van der Waals surface area contributed by atoms with Crippen LogP contribution < -0.4 is 0 Å². The van der Waals surface area contributed by atoms with Gasteiger partial charge in [-0.3, -0.25) is 0 Å². The van der Waals surface area contributed by atoms with Gasteiger partial charge in [-0.25, -0.2) is 9.97 Å². The minimum absolute atomic E-state index is 0.0607. The SMILES string of the molecule is CC1(C)c2cc3ccccc3cc2-c2c(-c3cc(-c4ccc(-c5ccc(-c6cccc7c6C(C)(C)c6ccccc6-7)cc5)cc4)nc(-c4ccccc4)n3)cccc21. The largest absolute Gasteiger partial charge is 0.228 e. The van der Waals surface area contributed by atoms with E-state index in [0.717, 1.165) is 33.9 Å². The number of benzene rings is 8. The van der Waals surface area contributed by atoms with Gasteiger partial charge in [-0.05, 0) is 95.7 Å². The molecule has 0 fully saturated rings. The summed E-state index contributed by atoms with van der Waals surface area (Å²) < 4.78 is 0. The van der Waals surface area contributed by atoms with E-state index >= 15 is 0 Å². The highest BCUT2D eigenvalue weighted by atomic mass is 14.9. The minimum Gasteiger partial charge on any atom is -0.228 e. The third-order valence-corrected chi connectivity index (χ3v) is 12.9. The molecule has 2 aliphatic carbocycles. The molecule has 276 valence electrons. The molecule has 0 radical (unpaired) electrons. The van der Waals surface area contributed by atoms with Gasteiger partial charge < -0.3 is 0 Å². The van der Waals surface area contributed by atoms with Crippen LogP contribution in [0.3, 0.4) is 0 Å². The Kier molecular flexibility index (Phi) is 7.59. The Morgan fingerprint density at radius 1 is 0.328 bits per heavy atom. The first-order valence-corrected chi connectivity index (χ1v) is 20.3. The van der Waals surface area contributed by atoms with Gasteiger partial charge in [0.1, 0.15) is 0 Å². The summed E-state index contributed by atoms with van der Waals surface area (Å²) in [7, 11) is 0. The van der Waals surface area contributed by atoms with Crippen LogP contribution in [-0.2, 0) is 10.8 Å². The van der Waals surface area contributed by atoms with Crippen LogP contribution in [0.5, 0.6) is 0 Å². The molecule has 0 unspecified atom stereocenters. The number of nitrogens with zero attached hydrogens (tertiary/aromatic N) is 2. The van der Waals surface area contributed by atoms with E-state index in [1.807, 2.05) is 6.07 Å². The van der Waals surface area contributed by atoms with Crippen molar-refractivity contribution in [2.24, 2.45) is 0 Å². The first-order chi connectivity index (χ1) is 28.3. The van der Waals surface area contributed by atoms with Crippen LogP contribution in [-0.4, -0.2) is 9.97 Å². The van der Waals surface area contributed by atoms with Gasteiger partial charge in [-0.2, -0.15) is 0 Å². The molecule has 2 heteroatoms. The third-order valence-electron chi connectivity index (χ3n) is 12.9. The molecule has 0 amide bonds. The highest BCUT2D eigenvalue weighted by molar-refractivity contribution is 5.98. The van der Waals surface area contributed by atoms with Gasteiger partial charge in [0.25, 0.3) is 0 Å². The number of hydrogen-bond acceptors (Lipinski definition) is 2. The normalized spacial score (nSPS) is 14.1. The summed E-state index contributed by atoms with van der Waals surface area (Å²) >= 11 is 0. The van der Waals surface area contributed by atoms with E-state index < -0.39 is 0 Å². The fourth-order valence-corrected chi connectivity index (χ4v) is 9.90. The Hall–Kier alpha value is -6.90. The molecule has 9 aromatic rings. The maximum atomic E-state index is 5.29. The molecule has 1 heterocycles. The average molecular weight is 743 g/mol. The fraction of sp³-hybridized carbons (Fsp3) is 0.107. The summed E-state index contributed by atoms with van der Waals surface area (Å²) in [6, 6.07) is 66.2. The molecule has 0 aliphatic heterocycles. The van der Waals surface area contributed by atoms with Gasteiger partial charge in [0.15, 0.2) is 5.82 Å². The van der Waals surface area contributed by atoms with Crippen LogP contribution in [0.4, 0.5) is 0 Å². The summed E-state index contributed by atoms with van der Waals surface area (Å²) in [5.74, 6) is 0.722. The average Bonchev–Trinajstić information content (AvgIpc) is 3.65. The predicted molar refractivity (Wildman–Crippen MR) is 242 cm³/mol. The highest BCUT2D eigenvalue weighted by Gasteiger charge is 2.38. The number of fused-ring (bicyclic) bond motifs is 7. The van der Waals surface area contributed by atoms with Crippen LogP contribution in [0, 0.1) is 0 Å². The highest BCUT2D eigenvalue weighted by Crippen LogP contribution is 2.54. The smallest absolute Gasteiger partial charge is 0.160 e. The molecule has 1 aromatic heterocycles. The molecular weight excluding hydrogens is 701 g/mol. The summed E-state index contributed by atoms with van der Waals surface area (Å²) in [6.07, 6.45) is 0. The van der Waals surface area contributed by atoms with Gasteiger partial charge in [0, 0.05) is 27.5 Å². The van der Waals surface area contributed by atoms with E-state index in [0.29, 0.717) is 0 Å². The molecule has 0 N–H and O–H groups in total. The molecule has 58 heavy (non-hydrogen) atoms. The lowest BCUT2D eigenvalue weighted by Gasteiger charge is -2.24. The predicted octanol–water partition coefficient (Wildman–Crippen LogP) is 14.6. The van der Waals surface area contributed by atoms with Gasteiger partial charge in [-0.15, -0.1) is 0 Å². The second kappa shape index (κ2) is 12.8. The topological polar surface area (TPSA) is 25.8 Å². The van der Waals surface area contributed by atoms with Crippen molar-refractivity contribution in [2.75, 3.05) is 0 Å². The summed E-state index contributed by atoms with van der Waals surface area (Å²) in [5, 5.41) is 2.52. The van der Waals surface area contributed by atoms with Crippen LogP contribution in [0.15, 0.2) is 182 Å². The van der Waals surface area contributed by atoms with Crippen LogP contribution in [0.1, 0.15) is 49.9 Å². The molecule has 11 rings (SSSR count). The van der Waals surface area contributed by atoms with Gasteiger partial charge in [-0.1, -0.05) is 191 Å². The zero-order chi connectivity index (χ0) is 39.2. The zero-order valence-electron chi connectivity index (χ0n) is 33.2. The fourth-order valence-electron chi connectivity index (χ4n) is 9.90. The van der Waals surface area contributed by atoms with Gasteiger partial charge in [0.2, 0.25) is 0 Å². The van der Waals surface area contributed by atoms with Crippen LogP contribution in [0.2, 0.25) is 0 Å². The lowest BCUT2D eigenvalue weighted by molar-refractivity contribution is 0.661. The number of rotatable bonds is 5. The van der Waals surface area contributed by atoms with E-state index in [2.05, 4.69) is 204 Å². The molecule has 2 nitrogen and oxygen atoms in total. The molecule has 0 bridgehead atoms. The van der Waals surface area contributed by atoms with Crippen molar-refractivity contribution in [1.29, 1.82) is 0 Å². The van der Waals surface area contributed by atoms with Crippen molar-refractivity contribution in [3.05, 3.63) is 204 Å². The van der Waals surface area contributed by atoms with Crippen molar-refractivity contribution in [1.82, 2.24) is 9.97 Å². The Morgan fingerprint density at radius 3 is 1.64 bits per heavy atom. The van der Waals surface area contributed by atoms with Crippen LogP contribution in [0.25, 0.3) is 89.2 Å². The Bertz CT molecular complexity index is 3080. The Labute approximate surface area is 340 Å². The van der Waals surface area contributed by atoms with Crippen molar-refractivity contribution in [3.63, 3.8) is 0 Å². The monoisotopic (exact) mass is 742 g/mol. The van der Waals surface area contributed by atoms with E-state index in [1.165, 1.54) is 77.5 Å². The molecule has 0 spiro atoms. The van der Waals surface area contributed by atoms with Crippen molar-refractivity contribution < 1.29 is 0 Å². The van der Waals surface area contributed by atoms with E-state index in [9.17, 15) is 0 Å². The quantitative estimate of drug-likeness (QED) is 0.175. The number of hydrogen-bond donors (Lipinski definition) is 0. The molecular formula is C56H42N2. The molecule has 2 aliphatic rings. The second-order valence-corrected chi connectivity index (χ2v) is 17.0. The van der Waals surface area contributed by atoms with Crippen LogP contribution >= 0.6 is 0 Å². The third kappa shape index (κ3) is 5.25. The standard InChI is InChI=1S/C56H42N2/c1-55(2)48-23-13-21-45(52(48)46-32-40-16-8-9-17-41(40)33-49(46)55)51-34-50(57-54(58-51)39-14-6-5-7-15-39)38-30-26-36(27-31-38)35-24-28-37(29-25-35)42-19-12-20-44-43-18-10-11-22-47(43)56(3,4)53(42)44/h5-34H,1-4H3. The van der Waals surface area contributed by atoms with Gasteiger partial charge in [0.05, 0.1) is 11.4 Å². The zero-order valence-corrected chi connectivity index (χ0v) is 33.2. The van der Waals surface area contributed by atoms with Crippen molar-refractivity contribution in [2.45, 2.75) is 38.5 Å². The molecule has 0 atom stereocenters. The van der Waals surface area contributed by atoms with Crippen molar-refractivity contribution in [3.8, 4) is 78.4 Å². The first kappa shape index (κ1) is 34.4.